The third-order valence-corrected chi connectivity index (χ3v) is 4.39. The van der Waals surface area contributed by atoms with Gasteiger partial charge in [-0.05, 0) is 51.3 Å². The Hall–Kier alpha value is -1.65. The normalized spacial score (nSPS) is 21.3. The standard InChI is InChI=1S/C17H23N3O/c1-12-17(11-18-10-14-8-16(21)9-14)13(2)20(19-12)15-6-4-3-5-7-15/h3-7,14,16,18,21H,8-11H2,1-2H3. The van der Waals surface area contributed by atoms with E-state index in [1.807, 2.05) is 22.9 Å². The molecule has 0 unspecified atom stereocenters. The monoisotopic (exact) mass is 285 g/mol. The lowest BCUT2D eigenvalue weighted by Crippen LogP contribution is -2.36. The van der Waals surface area contributed by atoms with Crippen LogP contribution in [0.15, 0.2) is 30.3 Å². The summed E-state index contributed by atoms with van der Waals surface area (Å²) in [6.07, 6.45) is 1.81. The Labute approximate surface area is 125 Å². The second-order valence-corrected chi connectivity index (χ2v) is 6.02. The molecule has 112 valence electrons. The number of nitrogens with one attached hydrogen (secondary N) is 1. The van der Waals surface area contributed by atoms with E-state index in [0.29, 0.717) is 5.92 Å². The molecule has 0 bridgehead atoms. The molecule has 4 nitrogen and oxygen atoms in total. The number of aromatic nitrogens is 2. The molecule has 1 saturated carbocycles. The van der Waals surface area contributed by atoms with Gasteiger partial charge < -0.3 is 10.4 Å². The van der Waals surface area contributed by atoms with E-state index in [9.17, 15) is 5.11 Å². The molecule has 2 N–H and O–H groups in total. The van der Waals surface area contributed by atoms with Gasteiger partial charge in [0.05, 0.1) is 17.5 Å². The highest BCUT2D eigenvalue weighted by molar-refractivity contribution is 5.36. The number of benzene rings is 1. The van der Waals surface area contributed by atoms with Crippen molar-refractivity contribution in [1.29, 1.82) is 0 Å². The summed E-state index contributed by atoms with van der Waals surface area (Å²) in [7, 11) is 0. The quantitative estimate of drug-likeness (QED) is 0.886. The van der Waals surface area contributed by atoms with Gasteiger partial charge in [-0.2, -0.15) is 5.10 Å². The van der Waals surface area contributed by atoms with Crippen molar-refractivity contribution in [3.63, 3.8) is 0 Å². The highest BCUT2D eigenvalue weighted by Gasteiger charge is 2.26. The molecule has 1 aliphatic carbocycles. The zero-order valence-electron chi connectivity index (χ0n) is 12.7. The average Bonchev–Trinajstić information content (AvgIpc) is 2.74. The van der Waals surface area contributed by atoms with Gasteiger partial charge in [0.1, 0.15) is 0 Å². The predicted octanol–water partition coefficient (Wildman–Crippen LogP) is 2.35. The van der Waals surface area contributed by atoms with E-state index >= 15 is 0 Å². The van der Waals surface area contributed by atoms with Crippen LogP contribution in [0.3, 0.4) is 0 Å². The van der Waals surface area contributed by atoms with E-state index in [1.54, 1.807) is 0 Å². The van der Waals surface area contributed by atoms with Gasteiger partial charge >= 0.3 is 0 Å². The Morgan fingerprint density at radius 2 is 1.95 bits per heavy atom. The highest BCUT2D eigenvalue weighted by atomic mass is 16.3. The van der Waals surface area contributed by atoms with Gasteiger partial charge in [0.25, 0.3) is 0 Å². The molecule has 1 heterocycles. The van der Waals surface area contributed by atoms with Crippen molar-refractivity contribution in [2.45, 2.75) is 39.3 Å². The molecule has 0 spiro atoms. The minimum Gasteiger partial charge on any atom is -0.393 e. The van der Waals surface area contributed by atoms with Gasteiger partial charge in [0.2, 0.25) is 0 Å². The smallest absolute Gasteiger partial charge is 0.0648 e. The molecule has 0 aliphatic heterocycles. The summed E-state index contributed by atoms with van der Waals surface area (Å²) in [5.74, 6) is 0.629. The van der Waals surface area contributed by atoms with Crippen LogP contribution < -0.4 is 5.32 Å². The number of rotatable bonds is 5. The second kappa shape index (κ2) is 6.00. The van der Waals surface area contributed by atoms with Crippen LogP contribution in [0, 0.1) is 19.8 Å². The number of aryl methyl sites for hydroxylation is 1. The number of aliphatic hydroxyl groups is 1. The molecule has 1 aromatic heterocycles. The Morgan fingerprint density at radius 1 is 1.24 bits per heavy atom. The topological polar surface area (TPSA) is 50.1 Å². The van der Waals surface area contributed by atoms with Crippen LogP contribution in [0.5, 0.6) is 0 Å². The summed E-state index contributed by atoms with van der Waals surface area (Å²) >= 11 is 0. The highest BCUT2D eigenvalue weighted by Crippen LogP contribution is 2.26. The molecule has 0 atom stereocenters. The minimum absolute atomic E-state index is 0.0684. The maximum atomic E-state index is 9.31. The minimum atomic E-state index is -0.0684. The molecular weight excluding hydrogens is 262 g/mol. The average molecular weight is 285 g/mol. The number of hydrogen-bond donors (Lipinski definition) is 2. The predicted molar refractivity (Wildman–Crippen MR) is 83.5 cm³/mol. The maximum absolute atomic E-state index is 9.31. The molecule has 0 amide bonds. The fourth-order valence-corrected chi connectivity index (χ4v) is 3.02. The summed E-state index contributed by atoms with van der Waals surface area (Å²) in [5.41, 5.74) is 4.66. The Morgan fingerprint density at radius 3 is 2.62 bits per heavy atom. The van der Waals surface area contributed by atoms with Crippen LogP contribution in [0.4, 0.5) is 0 Å². The molecule has 1 fully saturated rings. The molecule has 1 aromatic carbocycles. The van der Waals surface area contributed by atoms with Gasteiger partial charge in [0, 0.05) is 17.8 Å². The first kappa shape index (κ1) is 14.3. The van der Waals surface area contributed by atoms with E-state index in [2.05, 4.69) is 36.4 Å². The van der Waals surface area contributed by atoms with Crippen LogP contribution in [-0.4, -0.2) is 27.5 Å². The van der Waals surface area contributed by atoms with E-state index in [0.717, 1.165) is 37.3 Å². The number of hydrogen-bond acceptors (Lipinski definition) is 3. The Kier molecular flexibility index (Phi) is 4.08. The molecular formula is C17H23N3O. The largest absolute Gasteiger partial charge is 0.393 e. The Balaban J connectivity index is 1.67. The summed E-state index contributed by atoms with van der Waals surface area (Å²) in [5, 5.41) is 17.5. The SMILES string of the molecule is Cc1nn(-c2ccccc2)c(C)c1CNCC1CC(O)C1. The summed E-state index contributed by atoms with van der Waals surface area (Å²) in [4.78, 5) is 0. The lowest BCUT2D eigenvalue weighted by molar-refractivity contribution is 0.0429. The van der Waals surface area contributed by atoms with Gasteiger partial charge in [-0.3, -0.25) is 0 Å². The van der Waals surface area contributed by atoms with Crippen molar-refractivity contribution in [2.24, 2.45) is 5.92 Å². The summed E-state index contributed by atoms with van der Waals surface area (Å²) in [6.45, 7) is 6.01. The summed E-state index contributed by atoms with van der Waals surface area (Å²) in [6, 6.07) is 10.2. The number of nitrogens with zero attached hydrogens (tertiary/aromatic N) is 2. The maximum Gasteiger partial charge on any atom is 0.0648 e. The lowest BCUT2D eigenvalue weighted by Gasteiger charge is -2.31. The fraction of sp³-hybridized carbons (Fsp3) is 0.471. The van der Waals surface area contributed by atoms with Crippen LogP contribution in [0.2, 0.25) is 0 Å². The first-order valence-corrected chi connectivity index (χ1v) is 7.64. The van der Waals surface area contributed by atoms with Crippen molar-refractivity contribution in [3.8, 4) is 5.69 Å². The molecule has 4 heteroatoms. The fourth-order valence-electron chi connectivity index (χ4n) is 3.02. The van der Waals surface area contributed by atoms with Crippen molar-refractivity contribution in [3.05, 3.63) is 47.3 Å². The van der Waals surface area contributed by atoms with Gasteiger partial charge in [-0.1, -0.05) is 18.2 Å². The summed E-state index contributed by atoms with van der Waals surface area (Å²) < 4.78 is 2.01. The number of para-hydroxylation sites is 1. The van der Waals surface area contributed by atoms with E-state index in [-0.39, 0.29) is 6.10 Å². The third-order valence-electron chi connectivity index (χ3n) is 4.39. The molecule has 0 radical (unpaired) electrons. The lowest BCUT2D eigenvalue weighted by atomic mass is 9.82. The first-order valence-electron chi connectivity index (χ1n) is 7.64. The first-order chi connectivity index (χ1) is 10.1. The zero-order valence-corrected chi connectivity index (χ0v) is 12.7. The molecule has 3 rings (SSSR count). The molecule has 0 saturated heterocycles. The third kappa shape index (κ3) is 3.01. The molecule has 1 aliphatic rings. The van der Waals surface area contributed by atoms with Gasteiger partial charge in [-0.25, -0.2) is 4.68 Å². The van der Waals surface area contributed by atoms with Crippen molar-refractivity contribution < 1.29 is 5.11 Å². The van der Waals surface area contributed by atoms with Gasteiger partial charge in [0.15, 0.2) is 0 Å². The Bertz CT molecular complexity index is 600. The number of aliphatic hydroxyl groups excluding tert-OH is 1. The van der Waals surface area contributed by atoms with Crippen molar-refractivity contribution in [1.82, 2.24) is 15.1 Å². The van der Waals surface area contributed by atoms with E-state index in [4.69, 9.17) is 0 Å². The van der Waals surface area contributed by atoms with Gasteiger partial charge in [-0.15, -0.1) is 0 Å². The van der Waals surface area contributed by atoms with E-state index in [1.165, 1.54) is 11.3 Å². The molecule has 2 aromatic rings. The van der Waals surface area contributed by atoms with E-state index < -0.39 is 0 Å². The van der Waals surface area contributed by atoms with Crippen LogP contribution >= 0.6 is 0 Å². The van der Waals surface area contributed by atoms with Crippen LogP contribution in [0.1, 0.15) is 29.8 Å². The second-order valence-electron chi connectivity index (χ2n) is 6.02. The zero-order chi connectivity index (χ0) is 14.8. The van der Waals surface area contributed by atoms with Crippen LogP contribution in [0.25, 0.3) is 5.69 Å². The van der Waals surface area contributed by atoms with Crippen molar-refractivity contribution in [2.75, 3.05) is 6.54 Å². The molecule has 21 heavy (non-hydrogen) atoms. The van der Waals surface area contributed by atoms with Crippen LogP contribution in [-0.2, 0) is 6.54 Å². The van der Waals surface area contributed by atoms with Crippen molar-refractivity contribution >= 4 is 0 Å².